The maximum atomic E-state index is 9.00. The molecule has 0 aliphatic rings. The summed E-state index contributed by atoms with van der Waals surface area (Å²) in [5.41, 5.74) is 10.6. The highest BCUT2D eigenvalue weighted by Gasteiger charge is 1.96. The highest BCUT2D eigenvalue weighted by atomic mass is 16.4. The number of carboxylic acids is 4. The maximum absolute atomic E-state index is 9.00. The van der Waals surface area contributed by atoms with E-state index in [1.807, 2.05) is 13.8 Å². The van der Waals surface area contributed by atoms with Crippen LogP contribution in [0.1, 0.15) is 41.5 Å². The van der Waals surface area contributed by atoms with Crippen molar-refractivity contribution in [3.05, 3.63) is 0 Å². The van der Waals surface area contributed by atoms with E-state index in [2.05, 4.69) is 0 Å². The summed E-state index contributed by atoms with van der Waals surface area (Å²) in [7, 11) is 0. The molecule has 0 radical (unpaired) electrons. The van der Waals surface area contributed by atoms with Crippen molar-refractivity contribution < 1.29 is 50.6 Å². The number of nitrogens with two attached hydrogens (primary N) is 2. The Balaban J connectivity index is -0.0000000298. The summed E-state index contributed by atoms with van der Waals surface area (Å²) in [6.07, 6.45) is 0. The first-order chi connectivity index (χ1) is 9.57. The van der Waals surface area contributed by atoms with Gasteiger partial charge in [0.1, 0.15) is 0 Å². The van der Waals surface area contributed by atoms with Gasteiger partial charge in [0.2, 0.25) is 0 Å². The van der Waals surface area contributed by atoms with Gasteiger partial charge >= 0.3 is 0 Å². The van der Waals surface area contributed by atoms with Crippen molar-refractivity contribution >= 4 is 23.9 Å². The summed E-state index contributed by atoms with van der Waals surface area (Å²) in [6.45, 7) is 8.12. The molecular formula is C12H32N2O10. The standard InChI is InChI=1S/C4H12N2.4C2H4O2.2H2O/c1-3(5)4(2)6;4*1-2(3)4;;/h3-4H,5-6H2,1-2H3;4*1H3,(H,3,4);2*1H2/t3-,4+;;;;;;. The van der Waals surface area contributed by atoms with Crippen molar-refractivity contribution in [2.24, 2.45) is 11.5 Å². The quantitative estimate of drug-likeness (QED) is 0.310. The first kappa shape index (κ1) is 43.0. The van der Waals surface area contributed by atoms with Gasteiger partial charge in [-0.3, -0.25) is 19.2 Å². The van der Waals surface area contributed by atoms with Crippen LogP contribution in [-0.2, 0) is 19.2 Å². The van der Waals surface area contributed by atoms with Crippen molar-refractivity contribution in [1.29, 1.82) is 0 Å². The van der Waals surface area contributed by atoms with Crippen molar-refractivity contribution in [2.75, 3.05) is 0 Å². The lowest BCUT2D eigenvalue weighted by Gasteiger charge is -2.06. The second-order valence-corrected chi connectivity index (χ2v) is 3.79. The molecule has 0 bridgehead atoms. The van der Waals surface area contributed by atoms with E-state index in [9.17, 15) is 0 Å². The molecule has 150 valence electrons. The monoisotopic (exact) mass is 364 g/mol. The first-order valence-corrected chi connectivity index (χ1v) is 5.87. The topological polar surface area (TPSA) is 264 Å². The van der Waals surface area contributed by atoms with E-state index in [0.29, 0.717) is 0 Å². The first-order valence-electron chi connectivity index (χ1n) is 5.87. The third-order valence-electron chi connectivity index (χ3n) is 0.829. The summed E-state index contributed by atoms with van der Waals surface area (Å²) < 4.78 is 0. The number of hydrogen-bond acceptors (Lipinski definition) is 6. The fourth-order valence-corrected chi connectivity index (χ4v) is 0. The molecule has 0 saturated heterocycles. The lowest BCUT2D eigenvalue weighted by atomic mass is 10.2. The number of hydrogen-bond donors (Lipinski definition) is 6. The van der Waals surface area contributed by atoms with Crippen LogP contribution in [0.15, 0.2) is 0 Å². The maximum Gasteiger partial charge on any atom is 0.300 e. The number of carbonyl (C=O) groups is 4. The van der Waals surface area contributed by atoms with Gasteiger partial charge in [-0.05, 0) is 13.8 Å². The molecule has 0 aliphatic carbocycles. The van der Waals surface area contributed by atoms with Gasteiger partial charge in [-0.1, -0.05) is 0 Å². The van der Waals surface area contributed by atoms with Crippen LogP contribution >= 0.6 is 0 Å². The predicted octanol–water partition coefficient (Wildman–Crippen LogP) is -1.60. The third-order valence-corrected chi connectivity index (χ3v) is 0.829. The summed E-state index contributed by atoms with van der Waals surface area (Å²) in [5, 5.41) is 29.7. The van der Waals surface area contributed by atoms with Crippen molar-refractivity contribution in [3.8, 4) is 0 Å². The molecule has 0 unspecified atom stereocenters. The highest BCUT2D eigenvalue weighted by molar-refractivity contribution is 5.63. The zero-order valence-corrected chi connectivity index (χ0v) is 14.7. The predicted molar refractivity (Wildman–Crippen MR) is 87.8 cm³/mol. The Morgan fingerprint density at radius 3 is 0.625 bits per heavy atom. The van der Waals surface area contributed by atoms with Gasteiger partial charge in [-0.15, -0.1) is 0 Å². The molecule has 0 amide bonds. The molecule has 0 aromatic heterocycles. The molecule has 0 spiro atoms. The van der Waals surface area contributed by atoms with Crippen molar-refractivity contribution in [2.45, 2.75) is 53.6 Å². The molecule has 0 heterocycles. The minimum absolute atomic E-state index is 0. The minimum atomic E-state index is -0.833. The van der Waals surface area contributed by atoms with Crippen LogP contribution in [0.5, 0.6) is 0 Å². The van der Waals surface area contributed by atoms with Crippen LogP contribution in [0.2, 0.25) is 0 Å². The molecule has 0 rings (SSSR count). The zero-order chi connectivity index (χ0) is 19.5. The van der Waals surface area contributed by atoms with Crippen LogP contribution in [-0.4, -0.2) is 67.3 Å². The molecule has 0 aliphatic heterocycles. The van der Waals surface area contributed by atoms with Gasteiger partial charge < -0.3 is 42.8 Å². The Labute approximate surface area is 140 Å². The third kappa shape index (κ3) is 2340. The van der Waals surface area contributed by atoms with Crippen molar-refractivity contribution in [3.63, 3.8) is 0 Å². The van der Waals surface area contributed by atoms with Gasteiger partial charge in [0.25, 0.3) is 23.9 Å². The normalized spacial score (nSPS) is 9.17. The molecule has 0 aromatic rings. The second-order valence-electron chi connectivity index (χ2n) is 3.79. The van der Waals surface area contributed by atoms with Gasteiger partial charge in [0.15, 0.2) is 0 Å². The molecular weight excluding hydrogens is 332 g/mol. The summed E-state index contributed by atoms with van der Waals surface area (Å²) in [4.78, 5) is 36.0. The molecule has 0 aromatic carbocycles. The largest absolute Gasteiger partial charge is 0.481 e. The highest BCUT2D eigenvalue weighted by Crippen LogP contribution is 1.77. The average molecular weight is 364 g/mol. The van der Waals surface area contributed by atoms with Gasteiger partial charge in [0, 0.05) is 39.8 Å². The summed E-state index contributed by atoms with van der Waals surface area (Å²) >= 11 is 0. The van der Waals surface area contributed by atoms with Crippen LogP contribution < -0.4 is 11.5 Å². The fourth-order valence-electron chi connectivity index (χ4n) is 0. The Hall–Kier alpha value is -2.28. The van der Waals surface area contributed by atoms with E-state index >= 15 is 0 Å². The van der Waals surface area contributed by atoms with E-state index in [1.165, 1.54) is 0 Å². The average Bonchev–Trinajstić information content (AvgIpc) is 2.12. The van der Waals surface area contributed by atoms with Crippen LogP contribution in [0.4, 0.5) is 0 Å². The Morgan fingerprint density at radius 1 is 0.583 bits per heavy atom. The van der Waals surface area contributed by atoms with Gasteiger partial charge in [0.05, 0.1) is 0 Å². The van der Waals surface area contributed by atoms with E-state index in [4.69, 9.17) is 51.1 Å². The van der Waals surface area contributed by atoms with E-state index in [-0.39, 0.29) is 23.0 Å². The lowest BCUT2D eigenvalue weighted by Crippen LogP contribution is -2.35. The van der Waals surface area contributed by atoms with Gasteiger partial charge in [-0.25, -0.2) is 0 Å². The van der Waals surface area contributed by atoms with Crippen molar-refractivity contribution in [1.82, 2.24) is 0 Å². The van der Waals surface area contributed by atoms with Crippen LogP contribution in [0.3, 0.4) is 0 Å². The SMILES string of the molecule is CC(=O)O.CC(=O)O.CC(=O)O.CC(=O)O.C[C@H](N)[C@@H](C)N.O.O. The Bertz CT molecular complexity index is 236. The lowest BCUT2D eigenvalue weighted by molar-refractivity contribution is -0.135. The molecule has 12 N–H and O–H groups in total. The number of carboxylic acid groups (broad SMARTS) is 4. The molecule has 0 saturated carbocycles. The zero-order valence-electron chi connectivity index (χ0n) is 14.7. The molecule has 24 heavy (non-hydrogen) atoms. The molecule has 2 atom stereocenters. The molecule has 0 fully saturated rings. The summed E-state index contributed by atoms with van der Waals surface area (Å²) in [6, 6.07) is 0.259. The summed E-state index contributed by atoms with van der Waals surface area (Å²) in [5.74, 6) is -3.33. The second kappa shape index (κ2) is 32.6. The molecule has 12 heteroatoms. The minimum Gasteiger partial charge on any atom is -0.481 e. The number of aliphatic carboxylic acids is 4. The smallest absolute Gasteiger partial charge is 0.300 e. The Morgan fingerprint density at radius 2 is 0.625 bits per heavy atom. The van der Waals surface area contributed by atoms with Gasteiger partial charge in [-0.2, -0.15) is 0 Å². The Kier molecular flexibility index (Phi) is 58.5. The molecule has 12 nitrogen and oxygen atoms in total. The van der Waals surface area contributed by atoms with E-state index in [1.54, 1.807) is 0 Å². The van der Waals surface area contributed by atoms with E-state index in [0.717, 1.165) is 27.7 Å². The number of rotatable bonds is 1. The van der Waals surface area contributed by atoms with Crippen LogP contribution in [0, 0.1) is 0 Å². The van der Waals surface area contributed by atoms with E-state index < -0.39 is 23.9 Å². The van der Waals surface area contributed by atoms with Crippen LogP contribution in [0.25, 0.3) is 0 Å². The fraction of sp³-hybridized carbons (Fsp3) is 0.667.